The highest BCUT2D eigenvalue weighted by atomic mass is 35.5. The quantitative estimate of drug-likeness (QED) is 0.394. The van der Waals surface area contributed by atoms with Crippen LogP contribution in [0.25, 0.3) is 10.9 Å². The first-order valence-electron chi connectivity index (χ1n) is 8.12. The predicted octanol–water partition coefficient (Wildman–Crippen LogP) is 5.20. The van der Waals surface area contributed by atoms with Gasteiger partial charge in [-0.15, -0.1) is 6.42 Å². The lowest BCUT2D eigenvalue weighted by atomic mass is 10.2. The zero-order valence-corrected chi connectivity index (χ0v) is 14.8. The maximum Gasteiger partial charge on any atom is 0.207 e. The monoisotopic (exact) mass is 372 g/mol. The molecular weight excluding hydrogens is 360 g/mol. The van der Waals surface area contributed by atoms with Gasteiger partial charge in [-0.1, -0.05) is 23.7 Å². The largest absolute Gasteiger partial charge is 0.454 e. The molecule has 130 valence electrons. The number of para-hydroxylation sites is 1. The second kappa shape index (κ2) is 7.32. The zero-order chi connectivity index (χ0) is 18.6. The van der Waals surface area contributed by atoms with Crippen LogP contribution in [0.2, 0.25) is 5.15 Å². The minimum absolute atomic E-state index is 0.314. The number of nitrogens with zero attached hydrogens (tertiary/aromatic N) is 3. The highest BCUT2D eigenvalue weighted by Gasteiger charge is 2.08. The summed E-state index contributed by atoms with van der Waals surface area (Å²) < 4.78 is 5.75. The first-order chi connectivity index (χ1) is 13.2. The number of aromatic nitrogens is 3. The summed E-state index contributed by atoms with van der Waals surface area (Å²) in [4.78, 5) is 12.7. The van der Waals surface area contributed by atoms with Gasteiger partial charge in [0.2, 0.25) is 5.82 Å². The van der Waals surface area contributed by atoms with Crippen molar-refractivity contribution >= 4 is 34.0 Å². The van der Waals surface area contributed by atoms with Crippen LogP contribution in [0, 0.1) is 12.3 Å². The third kappa shape index (κ3) is 3.66. The maximum atomic E-state index is 6.02. The van der Waals surface area contributed by atoms with E-state index in [1.54, 1.807) is 18.3 Å². The van der Waals surface area contributed by atoms with Gasteiger partial charge in [0.25, 0.3) is 0 Å². The second-order valence-electron chi connectivity index (χ2n) is 5.60. The fourth-order valence-electron chi connectivity index (χ4n) is 2.55. The molecule has 0 bridgehead atoms. The third-order valence-corrected chi connectivity index (χ3v) is 4.09. The van der Waals surface area contributed by atoms with Gasteiger partial charge in [0.15, 0.2) is 10.9 Å². The number of ether oxygens (including phenoxy) is 1. The molecule has 1 N–H and O–H groups in total. The Labute approximate surface area is 161 Å². The molecule has 0 atom stereocenters. The van der Waals surface area contributed by atoms with Gasteiger partial charge in [0.1, 0.15) is 11.6 Å². The Morgan fingerprint density at radius 2 is 1.78 bits per heavy atom. The van der Waals surface area contributed by atoms with Crippen molar-refractivity contribution in [1.29, 1.82) is 0 Å². The fourth-order valence-corrected chi connectivity index (χ4v) is 2.71. The van der Waals surface area contributed by atoms with Crippen molar-refractivity contribution in [3.63, 3.8) is 0 Å². The summed E-state index contributed by atoms with van der Waals surface area (Å²) >= 11 is 6.02. The van der Waals surface area contributed by atoms with Crippen molar-refractivity contribution in [2.24, 2.45) is 0 Å². The SMILES string of the molecule is C#Cc1nc(Nc2ccc(Oc3cccnc3Cl)cc2)c2ccccc2n1. The summed E-state index contributed by atoms with van der Waals surface area (Å²) in [6.45, 7) is 0. The predicted molar refractivity (Wildman–Crippen MR) is 107 cm³/mol. The highest BCUT2D eigenvalue weighted by Crippen LogP contribution is 2.29. The molecule has 0 unspecified atom stereocenters. The number of anilines is 2. The van der Waals surface area contributed by atoms with Crippen LogP contribution in [0.5, 0.6) is 11.5 Å². The summed E-state index contributed by atoms with van der Waals surface area (Å²) in [5.41, 5.74) is 1.63. The smallest absolute Gasteiger partial charge is 0.207 e. The summed E-state index contributed by atoms with van der Waals surface area (Å²) in [5.74, 6) is 4.62. The number of hydrogen-bond acceptors (Lipinski definition) is 5. The van der Waals surface area contributed by atoms with E-state index in [2.05, 4.69) is 26.2 Å². The van der Waals surface area contributed by atoms with Crippen molar-refractivity contribution in [2.75, 3.05) is 5.32 Å². The molecule has 0 saturated carbocycles. The van der Waals surface area contributed by atoms with Crippen LogP contribution < -0.4 is 10.1 Å². The van der Waals surface area contributed by atoms with Crippen LogP contribution in [0.3, 0.4) is 0 Å². The molecule has 0 fully saturated rings. The number of nitrogens with one attached hydrogen (secondary N) is 1. The zero-order valence-electron chi connectivity index (χ0n) is 14.1. The topological polar surface area (TPSA) is 59.9 Å². The Kier molecular flexibility index (Phi) is 4.56. The minimum atomic E-state index is 0.314. The Balaban J connectivity index is 1.60. The van der Waals surface area contributed by atoms with E-state index in [9.17, 15) is 0 Å². The van der Waals surface area contributed by atoms with E-state index >= 15 is 0 Å². The Morgan fingerprint density at radius 1 is 0.963 bits per heavy atom. The first-order valence-corrected chi connectivity index (χ1v) is 8.49. The molecule has 5 nitrogen and oxygen atoms in total. The molecule has 0 aliphatic rings. The average Bonchev–Trinajstić information content (AvgIpc) is 2.71. The molecule has 2 aromatic carbocycles. The molecule has 2 heterocycles. The summed E-state index contributed by atoms with van der Waals surface area (Å²) in [5, 5.41) is 4.49. The molecule has 0 spiro atoms. The first kappa shape index (κ1) is 16.8. The molecule has 2 aromatic heterocycles. The third-order valence-electron chi connectivity index (χ3n) is 3.80. The molecule has 0 aliphatic heterocycles. The van der Waals surface area contributed by atoms with Gasteiger partial charge in [-0.3, -0.25) is 0 Å². The van der Waals surface area contributed by atoms with E-state index in [4.69, 9.17) is 22.8 Å². The van der Waals surface area contributed by atoms with Crippen LogP contribution in [-0.4, -0.2) is 15.0 Å². The summed E-state index contributed by atoms with van der Waals surface area (Å²) in [7, 11) is 0. The van der Waals surface area contributed by atoms with Crippen molar-refractivity contribution in [1.82, 2.24) is 15.0 Å². The summed E-state index contributed by atoms with van der Waals surface area (Å²) in [6, 6.07) is 18.6. The molecule has 0 saturated heterocycles. The summed E-state index contributed by atoms with van der Waals surface area (Å²) in [6.07, 6.45) is 7.08. The molecule has 6 heteroatoms. The number of hydrogen-bond donors (Lipinski definition) is 1. The van der Waals surface area contributed by atoms with Crippen LogP contribution in [0.1, 0.15) is 5.82 Å². The molecule has 27 heavy (non-hydrogen) atoms. The van der Waals surface area contributed by atoms with Crippen molar-refractivity contribution in [2.45, 2.75) is 0 Å². The van der Waals surface area contributed by atoms with Gasteiger partial charge >= 0.3 is 0 Å². The standard InChI is InChI=1S/C21H13ClN4O/c1-2-19-25-17-7-4-3-6-16(17)21(26-19)24-14-9-11-15(12-10-14)27-18-8-5-13-23-20(18)22/h1,3-13H,(H,24,25,26). The lowest BCUT2D eigenvalue weighted by molar-refractivity contribution is 0.480. The van der Waals surface area contributed by atoms with Crippen molar-refractivity contribution in [3.05, 3.63) is 77.8 Å². The molecule has 0 amide bonds. The van der Waals surface area contributed by atoms with Crippen LogP contribution >= 0.6 is 11.6 Å². The van der Waals surface area contributed by atoms with E-state index in [0.29, 0.717) is 28.3 Å². The van der Waals surface area contributed by atoms with Crippen LogP contribution in [0.4, 0.5) is 11.5 Å². The number of fused-ring (bicyclic) bond motifs is 1. The van der Waals surface area contributed by atoms with E-state index < -0.39 is 0 Å². The average molecular weight is 373 g/mol. The second-order valence-corrected chi connectivity index (χ2v) is 5.96. The molecule has 0 aliphatic carbocycles. The van der Waals surface area contributed by atoms with Gasteiger partial charge < -0.3 is 10.1 Å². The Morgan fingerprint density at radius 3 is 2.56 bits per heavy atom. The maximum absolute atomic E-state index is 6.02. The van der Waals surface area contributed by atoms with Gasteiger partial charge in [0.05, 0.1) is 5.52 Å². The van der Waals surface area contributed by atoms with E-state index in [0.717, 1.165) is 16.6 Å². The van der Waals surface area contributed by atoms with Crippen LogP contribution in [-0.2, 0) is 0 Å². The Hall–Kier alpha value is -3.62. The van der Waals surface area contributed by atoms with Gasteiger partial charge in [-0.2, -0.15) is 0 Å². The van der Waals surface area contributed by atoms with Crippen molar-refractivity contribution < 1.29 is 4.74 Å². The van der Waals surface area contributed by atoms with Gasteiger partial charge in [-0.25, -0.2) is 15.0 Å². The van der Waals surface area contributed by atoms with E-state index in [1.807, 2.05) is 48.5 Å². The normalized spacial score (nSPS) is 10.4. The lowest BCUT2D eigenvalue weighted by Gasteiger charge is -2.11. The van der Waals surface area contributed by atoms with E-state index in [-0.39, 0.29) is 0 Å². The fraction of sp³-hybridized carbons (Fsp3) is 0. The number of terminal acetylenes is 1. The Bertz CT molecular complexity index is 1150. The molecule has 4 rings (SSSR count). The molecule has 0 radical (unpaired) electrons. The highest BCUT2D eigenvalue weighted by molar-refractivity contribution is 6.30. The number of halogens is 1. The van der Waals surface area contributed by atoms with Crippen molar-refractivity contribution in [3.8, 4) is 23.8 Å². The van der Waals surface area contributed by atoms with Crippen LogP contribution in [0.15, 0.2) is 66.9 Å². The minimum Gasteiger partial charge on any atom is -0.454 e. The van der Waals surface area contributed by atoms with E-state index in [1.165, 1.54) is 0 Å². The number of rotatable bonds is 4. The molecular formula is C21H13ClN4O. The molecule has 4 aromatic rings. The lowest BCUT2D eigenvalue weighted by Crippen LogP contribution is -1.99. The van der Waals surface area contributed by atoms with Gasteiger partial charge in [0, 0.05) is 17.3 Å². The number of benzene rings is 2. The van der Waals surface area contributed by atoms with Gasteiger partial charge in [-0.05, 0) is 54.5 Å². The number of pyridine rings is 1.